The number of carbonyl (C=O) groups is 2. The van der Waals surface area contributed by atoms with Crippen LogP contribution in [0.5, 0.6) is 0 Å². The zero-order valence-corrected chi connectivity index (χ0v) is 24.1. The van der Waals surface area contributed by atoms with Crippen LogP contribution >= 0.6 is 11.6 Å². The largest absolute Gasteiger partial charge is 0.394 e. The van der Waals surface area contributed by atoms with E-state index in [1.807, 2.05) is 18.7 Å². The Bertz CT molecular complexity index is 1240. The van der Waals surface area contributed by atoms with Crippen molar-refractivity contribution >= 4 is 34.9 Å². The van der Waals surface area contributed by atoms with Crippen LogP contribution in [-0.4, -0.2) is 73.5 Å². The van der Waals surface area contributed by atoms with Crippen molar-refractivity contribution in [3.63, 3.8) is 0 Å². The van der Waals surface area contributed by atoms with E-state index in [2.05, 4.69) is 16.0 Å². The Balaban J connectivity index is 1.66. The van der Waals surface area contributed by atoms with Crippen LogP contribution in [0.15, 0.2) is 30.3 Å². The van der Waals surface area contributed by atoms with Crippen LogP contribution in [-0.2, 0) is 6.54 Å². The monoisotopic (exact) mass is 619 g/mol. The molecule has 2 aromatic carbocycles. The third-order valence-corrected chi connectivity index (χ3v) is 7.56. The van der Waals surface area contributed by atoms with Gasteiger partial charge in [0.25, 0.3) is 5.91 Å². The van der Waals surface area contributed by atoms with E-state index < -0.39 is 47.8 Å². The predicted molar refractivity (Wildman–Crippen MR) is 151 cm³/mol. The summed E-state index contributed by atoms with van der Waals surface area (Å²) in [6.45, 7) is 4.49. The Kier molecular flexibility index (Phi) is 11.8. The molecule has 3 rings (SSSR count). The van der Waals surface area contributed by atoms with Crippen molar-refractivity contribution in [2.45, 2.75) is 45.5 Å². The van der Waals surface area contributed by atoms with Gasteiger partial charge in [-0.2, -0.15) is 13.2 Å². The van der Waals surface area contributed by atoms with Gasteiger partial charge < -0.3 is 26.0 Å². The summed E-state index contributed by atoms with van der Waals surface area (Å²) in [5, 5.41) is 17.4. The van der Waals surface area contributed by atoms with Crippen LogP contribution in [0.2, 0.25) is 5.02 Å². The lowest BCUT2D eigenvalue weighted by molar-refractivity contribution is -0.138. The van der Waals surface area contributed by atoms with Gasteiger partial charge in [-0.25, -0.2) is 13.6 Å². The summed E-state index contributed by atoms with van der Waals surface area (Å²) in [4.78, 5) is 28.7. The molecule has 0 aromatic heterocycles. The van der Waals surface area contributed by atoms with Crippen molar-refractivity contribution < 1.29 is 36.6 Å². The summed E-state index contributed by atoms with van der Waals surface area (Å²) in [6, 6.07) is 5.74. The number of halogens is 6. The second-order valence-corrected chi connectivity index (χ2v) is 10.6. The zero-order valence-electron chi connectivity index (χ0n) is 23.3. The van der Waals surface area contributed by atoms with Crippen molar-refractivity contribution in [1.82, 2.24) is 15.5 Å². The van der Waals surface area contributed by atoms with Gasteiger partial charge >= 0.3 is 12.2 Å². The molecular weight excluding hydrogens is 585 g/mol. The third kappa shape index (κ3) is 9.17. The van der Waals surface area contributed by atoms with Gasteiger partial charge in [0, 0.05) is 49.9 Å². The number of urea groups is 1. The van der Waals surface area contributed by atoms with E-state index in [0.717, 1.165) is 6.07 Å². The van der Waals surface area contributed by atoms with Crippen LogP contribution in [0.4, 0.5) is 38.1 Å². The summed E-state index contributed by atoms with van der Waals surface area (Å²) < 4.78 is 67.5. The lowest BCUT2D eigenvalue weighted by Crippen LogP contribution is -2.47. The third-order valence-electron chi connectivity index (χ3n) is 7.32. The van der Waals surface area contributed by atoms with Gasteiger partial charge in [0.05, 0.1) is 36.0 Å². The molecule has 1 heterocycles. The number of alkyl halides is 3. The first-order valence-electron chi connectivity index (χ1n) is 13.6. The first-order chi connectivity index (χ1) is 19.8. The molecule has 8 nitrogen and oxygen atoms in total. The predicted octanol–water partition coefficient (Wildman–Crippen LogP) is 5.15. The molecule has 2 unspecified atom stereocenters. The standard InChI is InChI=1S/C28H35ClF5N5O3/c1-3-17(2)22(16-40)37-27(42)35-15-18-4-6-20(25(31)24(18)30)26(41)36-21-7-5-19(29)14-23(21)39-12-10-38(11-13-39)9-8-28(32,33)34/h4-7,14,17,22,40H,3,8-13,15-16H2,1-2H3,(H,36,41)(H2,35,37,42). The van der Waals surface area contributed by atoms with Crippen LogP contribution in [0.25, 0.3) is 0 Å². The van der Waals surface area contributed by atoms with Gasteiger partial charge in [-0.1, -0.05) is 37.9 Å². The lowest BCUT2D eigenvalue weighted by Gasteiger charge is -2.37. The second-order valence-electron chi connectivity index (χ2n) is 10.2. The van der Waals surface area contributed by atoms with Crippen molar-refractivity contribution in [3.05, 3.63) is 58.1 Å². The average Bonchev–Trinajstić information content (AvgIpc) is 2.95. The van der Waals surface area contributed by atoms with E-state index in [1.165, 1.54) is 18.2 Å². The molecule has 1 aliphatic rings. The summed E-state index contributed by atoms with van der Waals surface area (Å²) in [5.41, 5.74) is 0.0299. The van der Waals surface area contributed by atoms with Gasteiger partial charge in [-0.3, -0.25) is 9.69 Å². The quantitative estimate of drug-likeness (QED) is 0.261. The maximum absolute atomic E-state index is 15.0. The number of aliphatic hydroxyl groups is 1. The van der Waals surface area contributed by atoms with Gasteiger partial charge in [0.1, 0.15) is 0 Å². The topological polar surface area (TPSA) is 96.9 Å². The van der Waals surface area contributed by atoms with E-state index in [-0.39, 0.29) is 36.9 Å². The van der Waals surface area contributed by atoms with E-state index in [4.69, 9.17) is 11.6 Å². The van der Waals surface area contributed by atoms with Gasteiger partial charge in [-0.05, 0) is 30.2 Å². The number of anilines is 2. The molecule has 232 valence electrons. The zero-order chi connectivity index (χ0) is 31.0. The van der Waals surface area contributed by atoms with Gasteiger partial charge in [0.15, 0.2) is 11.6 Å². The summed E-state index contributed by atoms with van der Waals surface area (Å²) in [5.74, 6) is -3.61. The molecule has 0 aliphatic carbocycles. The Morgan fingerprint density at radius 2 is 1.76 bits per heavy atom. The molecule has 1 fully saturated rings. The highest BCUT2D eigenvalue weighted by atomic mass is 35.5. The van der Waals surface area contributed by atoms with Crippen molar-refractivity contribution in [1.29, 1.82) is 0 Å². The van der Waals surface area contributed by atoms with Crippen LogP contribution in [0, 0.1) is 17.6 Å². The molecule has 1 saturated heterocycles. The molecule has 0 spiro atoms. The SMILES string of the molecule is CCC(C)C(CO)NC(=O)NCc1ccc(C(=O)Nc2ccc(Cl)cc2N2CCN(CCC(F)(F)F)CC2)c(F)c1F. The first-order valence-corrected chi connectivity index (χ1v) is 14.0. The Hall–Kier alpha value is -3.16. The maximum Gasteiger partial charge on any atom is 0.390 e. The Morgan fingerprint density at radius 3 is 2.38 bits per heavy atom. The number of nitrogens with one attached hydrogen (secondary N) is 3. The number of piperazine rings is 1. The van der Waals surface area contributed by atoms with Gasteiger partial charge in [-0.15, -0.1) is 0 Å². The number of amides is 3. The molecule has 1 aliphatic heterocycles. The molecule has 3 amide bonds. The molecule has 14 heteroatoms. The number of hydrogen-bond acceptors (Lipinski definition) is 5. The van der Waals surface area contributed by atoms with Crippen molar-refractivity contribution in [2.24, 2.45) is 5.92 Å². The second kappa shape index (κ2) is 14.8. The molecule has 0 radical (unpaired) electrons. The molecule has 2 aromatic rings. The highest BCUT2D eigenvalue weighted by Crippen LogP contribution is 2.31. The van der Waals surface area contributed by atoms with Crippen LogP contribution < -0.4 is 20.9 Å². The summed E-state index contributed by atoms with van der Waals surface area (Å²) in [6.07, 6.45) is -4.43. The lowest BCUT2D eigenvalue weighted by atomic mass is 10.0. The fourth-order valence-corrected chi connectivity index (χ4v) is 4.67. The van der Waals surface area contributed by atoms with E-state index >= 15 is 0 Å². The molecule has 42 heavy (non-hydrogen) atoms. The summed E-state index contributed by atoms with van der Waals surface area (Å²) >= 11 is 6.16. The Labute approximate surface area is 246 Å². The number of benzene rings is 2. The fraction of sp³-hybridized carbons (Fsp3) is 0.500. The van der Waals surface area contributed by atoms with Gasteiger partial charge in [0.2, 0.25) is 0 Å². The van der Waals surface area contributed by atoms with E-state index in [1.54, 1.807) is 11.0 Å². The molecular formula is C28H35ClF5N5O3. The minimum atomic E-state index is -4.24. The average molecular weight is 620 g/mol. The molecule has 4 N–H and O–H groups in total. The minimum absolute atomic E-state index is 0.00163. The first kappa shape index (κ1) is 33.3. The van der Waals surface area contributed by atoms with Crippen LogP contribution in [0.1, 0.15) is 42.6 Å². The molecule has 0 bridgehead atoms. The highest BCUT2D eigenvalue weighted by molar-refractivity contribution is 6.31. The highest BCUT2D eigenvalue weighted by Gasteiger charge is 2.29. The van der Waals surface area contributed by atoms with Crippen molar-refractivity contribution in [2.75, 3.05) is 49.5 Å². The fourth-order valence-electron chi connectivity index (χ4n) is 4.51. The van der Waals surface area contributed by atoms with E-state index in [9.17, 15) is 36.6 Å². The number of hydrogen-bond donors (Lipinski definition) is 4. The minimum Gasteiger partial charge on any atom is -0.394 e. The number of carbonyl (C=O) groups excluding carboxylic acids is 2. The number of aliphatic hydroxyl groups excluding tert-OH is 1. The van der Waals surface area contributed by atoms with E-state index in [0.29, 0.717) is 43.3 Å². The number of rotatable bonds is 11. The smallest absolute Gasteiger partial charge is 0.390 e. The van der Waals surface area contributed by atoms with Crippen molar-refractivity contribution in [3.8, 4) is 0 Å². The number of nitrogens with zero attached hydrogens (tertiary/aromatic N) is 2. The normalized spacial score (nSPS) is 15.7. The maximum atomic E-state index is 15.0. The summed E-state index contributed by atoms with van der Waals surface area (Å²) in [7, 11) is 0. The van der Waals surface area contributed by atoms with Crippen LogP contribution in [0.3, 0.4) is 0 Å². The molecule has 0 saturated carbocycles. The Morgan fingerprint density at radius 1 is 1.07 bits per heavy atom. The molecule has 2 atom stereocenters.